The first-order chi connectivity index (χ1) is 4.72. The molecule has 0 fully saturated rings. The van der Waals surface area contributed by atoms with Crippen LogP contribution in [0.2, 0.25) is 0 Å². The number of hydrogen-bond acceptors (Lipinski definition) is 1. The van der Waals surface area contributed by atoms with Gasteiger partial charge in [0.25, 0.3) is 0 Å². The molecule has 0 aliphatic carbocycles. The lowest BCUT2D eigenvalue weighted by Gasteiger charge is -2.19. The van der Waals surface area contributed by atoms with Crippen LogP contribution >= 0.6 is 24.8 Å². The third-order valence-corrected chi connectivity index (χ3v) is 1.65. The van der Waals surface area contributed by atoms with E-state index >= 15 is 0 Å². The quantitative estimate of drug-likeness (QED) is 0.396. The highest BCUT2D eigenvalue weighted by Crippen LogP contribution is 1.97. The Hall–Kier alpha value is -0.0200. The first-order valence-corrected chi connectivity index (χ1v) is 4.16. The molecule has 3 heteroatoms. The molecule has 0 unspecified atom stereocenters. The Kier molecular flexibility index (Phi) is 5.73. The summed E-state index contributed by atoms with van der Waals surface area (Å²) in [7, 11) is 0. The number of nitrogens with zero attached hydrogens (tertiary/aromatic N) is 1. The normalized spacial score (nSPS) is 9.00. The summed E-state index contributed by atoms with van der Waals surface area (Å²) in [6.45, 7) is 7.51. The molecular formula is C7H13NS2. The molecule has 0 saturated heterocycles. The summed E-state index contributed by atoms with van der Waals surface area (Å²) in [4.78, 5) is 2.01. The lowest BCUT2D eigenvalue weighted by molar-refractivity contribution is 0.476. The summed E-state index contributed by atoms with van der Waals surface area (Å²) in [6.07, 6.45) is 2.92. The number of rotatable bonds is 4. The van der Waals surface area contributed by atoms with Crippen molar-refractivity contribution in [1.82, 2.24) is 4.90 Å². The zero-order valence-electron chi connectivity index (χ0n) is 6.21. The second kappa shape index (κ2) is 5.74. The van der Waals surface area contributed by atoms with Crippen molar-refractivity contribution in [3.63, 3.8) is 0 Å². The fourth-order valence-corrected chi connectivity index (χ4v) is 1.04. The van der Waals surface area contributed by atoms with Crippen molar-refractivity contribution in [3.05, 3.63) is 12.7 Å². The van der Waals surface area contributed by atoms with E-state index in [1.54, 1.807) is 0 Å². The average Bonchev–Trinajstić information content (AvgIpc) is 1.87. The molecule has 0 aromatic rings. The third kappa shape index (κ3) is 3.90. The Morgan fingerprint density at radius 3 is 2.70 bits per heavy atom. The Morgan fingerprint density at radius 1 is 1.80 bits per heavy atom. The SMILES string of the molecule is C=CCN(CCC)C(=S)S. The van der Waals surface area contributed by atoms with Gasteiger partial charge in [0.1, 0.15) is 4.32 Å². The second-order valence-corrected chi connectivity index (χ2v) is 3.13. The third-order valence-electron chi connectivity index (χ3n) is 1.11. The molecule has 0 radical (unpaired) electrons. The standard InChI is InChI=1S/C7H13NS2/c1-3-5-8(6-4-2)7(9)10/h3H,1,4-6H2,2H3,(H,9,10). The highest BCUT2D eigenvalue weighted by Gasteiger charge is 2.00. The van der Waals surface area contributed by atoms with Crippen molar-refractivity contribution < 1.29 is 0 Å². The van der Waals surface area contributed by atoms with E-state index in [2.05, 4.69) is 26.1 Å². The molecule has 0 aromatic heterocycles. The summed E-state index contributed by atoms with van der Waals surface area (Å²) >= 11 is 8.96. The van der Waals surface area contributed by atoms with Gasteiger partial charge in [-0.3, -0.25) is 0 Å². The van der Waals surface area contributed by atoms with Gasteiger partial charge in [-0.25, -0.2) is 0 Å². The minimum absolute atomic E-state index is 0.654. The van der Waals surface area contributed by atoms with E-state index in [9.17, 15) is 0 Å². The van der Waals surface area contributed by atoms with Crippen LogP contribution in [0, 0.1) is 0 Å². The summed E-state index contributed by atoms with van der Waals surface area (Å²) in [5, 5.41) is 0. The van der Waals surface area contributed by atoms with E-state index in [1.165, 1.54) is 0 Å². The van der Waals surface area contributed by atoms with Crippen LogP contribution in [0.25, 0.3) is 0 Å². The first-order valence-electron chi connectivity index (χ1n) is 3.31. The van der Waals surface area contributed by atoms with Gasteiger partial charge in [-0.05, 0) is 6.42 Å². The molecule has 58 valence electrons. The minimum atomic E-state index is 0.654. The molecular weight excluding hydrogens is 162 g/mol. The van der Waals surface area contributed by atoms with Crippen LogP contribution < -0.4 is 0 Å². The van der Waals surface area contributed by atoms with Gasteiger partial charge in [0, 0.05) is 13.1 Å². The molecule has 0 rings (SSSR count). The van der Waals surface area contributed by atoms with Gasteiger partial charge in [0.05, 0.1) is 0 Å². The molecule has 10 heavy (non-hydrogen) atoms. The van der Waals surface area contributed by atoms with Gasteiger partial charge in [0.15, 0.2) is 0 Å². The van der Waals surface area contributed by atoms with Gasteiger partial charge in [-0.15, -0.1) is 19.2 Å². The molecule has 0 atom stereocenters. The van der Waals surface area contributed by atoms with Crippen molar-refractivity contribution >= 4 is 29.2 Å². The molecule has 0 aromatic carbocycles. The van der Waals surface area contributed by atoms with Crippen LogP contribution in [-0.2, 0) is 0 Å². The van der Waals surface area contributed by atoms with Crippen molar-refractivity contribution in [1.29, 1.82) is 0 Å². The molecule has 0 N–H and O–H groups in total. The molecule has 0 aliphatic heterocycles. The van der Waals surface area contributed by atoms with Crippen LogP contribution in [0.4, 0.5) is 0 Å². The lowest BCUT2D eigenvalue weighted by atomic mass is 10.4. The zero-order valence-corrected chi connectivity index (χ0v) is 7.92. The highest BCUT2D eigenvalue weighted by atomic mass is 32.1. The van der Waals surface area contributed by atoms with E-state index < -0.39 is 0 Å². The minimum Gasteiger partial charge on any atom is -0.354 e. The lowest BCUT2D eigenvalue weighted by Crippen LogP contribution is -2.26. The van der Waals surface area contributed by atoms with E-state index in [1.807, 2.05) is 11.0 Å². The number of hydrogen-bond donors (Lipinski definition) is 1. The summed E-state index contributed by atoms with van der Waals surface area (Å²) in [5.41, 5.74) is 0. The van der Waals surface area contributed by atoms with Gasteiger partial charge in [0.2, 0.25) is 0 Å². The molecule has 0 saturated carbocycles. The van der Waals surface area contributed by atoms with Gasteiger partial charge < -0.3 is 4.90 Å². The largest absolute Gasteiger partial charge is 0.354 e. The van der Waals surface area contributed by atoms with Crippen LogP contribution in [0.5, 0.6) is 0 Å². The Balaban J connectivity index is 3.71. The van der Waals surface area contributed by atoms with Gasteiger partial charge >= 0.3 is 0 Å². The van der Waals surface area contributed by atoms with Crippen LogP contribution in [0.3, 0.4) is 0 Å². The second-order valence-electron chi connectivity index (χ2n) is 2.02. The topological polar surface area (TPSA) is 3.24 Å². The monoisotopic (exact) mass is 175 g/mol. The Labute approximate surface area is 73.5 Å². The average molecular weight is 175 g/mol. The smallest absolute Gasteiger partial charge is 0.133 e. The molecule has 0 aliphatic rings. The van der Waals surface area contributed by atoms with E-state index in [0.29, 0.717) is 4.32 Å². The maximum atomic E-state index is 4.89. The van der Waals surface area contributed by atoms with E-state index in [0.717, 1.165) is 19.5 Å². The molecule has 0 bridgehead atoms. The fourth-order valence-electron chi connectivity index (χ4n) is 0.691. The van der Waals surface area contributed by atoms with Crippen molar-refractivity contribution in [2.45, 2.75) is 13.3 Å². The Morgan fingerprint density at radius 2 is 2.40 bits per heavy atom. The van der Waals surface area contributed by atoms with Crippen LogP contribution in [0.15, 0.2) is 12.7 Å². The van der Waals surface area contributed by atoms with Crippen LogP contribution in [-0.4, -0.2) is 22.3 Å². The van der Waals surface area contributed by atoms with Crippen molar-refractivity contribution in [3.8, 4) is 0 Å². The molecule has 0 spiro atoms. The predicted octanol–water partition coefficient (Wildman–Crippen LogP) is 2.10. The first kappa shape index (κ1) is 9.98. The molecule has 0 heterocycles. The van der Waals surface area contributed by atoms with E-state index in [-0.39, 0.29) is 0 Å². The summed E-state index contributed by atoms with van der Waals surface area (Å²) in [6, 6.07) is 0. The zero-order chi connectivity index (χ0) is 7.98. The van der Waals surface area contributed by atoms with E-state index in [4.69, 9.17) is 12.2 Å². The number of thiocarbonyl (C=S) groups is 1. The predicted molar refractivity (Wildman–Crippen MR) is 53.6 cm³/mol. The summed E-state index contributed by atoms with van der Waals surface area (Å²) < 4.78 is 0.654. The van der Waals surface area contributed by atoms with Gasteiger partial charge in [-0.1, -0.05) is 25.2 Å². The molecule has 0 amide bonds. The van der Waals surface area contributed by atoms with Crippen molar-refractivity contribution in [2.24, 2.45) is 0 Å². The maximum absolute atomic E-state index is 4.89. The molecule has 1 nitrogen and oxygen atoms in total. The number of thiol groups is 1. The Bertz CT molecular complexity index is 123. The maximum Gasteiger partial charge on any atom is 0.133 e. The summed E-state index contributed by atoms with van der Waals surface area (Å²) in [5.74, 6) is 0. The van der Waals surface area contributed by atoms with Crippen LogP contribution in [0.1, 0.15) is 13.3 Å². The van der Waals surface area contributed by atoms with Gasteiger partial charge in [-0.2, -0.15) is 0 Å². The highest BCUT2D eigenvalue weighted by molar-refractivity contribution is 8.10. The van der Waals surface area contributed by atoms with Crippen molar-refractivity contribution in [2.75, 3.05) is 13.1 Å². The fraction of sp³-hybridized carbons (Fsp3) is 0.571.